The molecule has 13 heavy (non-hydrogen) atoms. The molecular weight excluding hydrogens is 277 g/mol. The Morgan fingerprint density at radius 1 is 1.54 bits per heavy atom. The van der Waals surface area contributed by atoms with Crippen LogP contribution in [0.1, 0.15) is 5.56 Å². The zero-order chi connectivity index (χ0) is 9.26. The summed E-state index contributed by atoms with van der Waals surface area (Å²) in [7, 11) is 0. The number of hydrogen-bond acceptors (Lipinski definition) is 2. The molecule has 3 nitrogen and oxygen atoms in total. The van der Waals surface area contributed by atoms with Crippen LogP contribution in [0.25, 0.3) is 11.0 Å². The van der Waals surface area contributed by atoms with Gasteiger partial charge in [0.1, 0.15) is 5.52 Å². The first-order valence-electron chi connectivity index (χ1n) is 3.79. The molecule has 4 heteroatoms. The van der Waals surface area contributed by atoms with E-state index in [0.717, 1.165) is 20.2 Å². The SMILES string of the molecule is N#CCc1cc(I)c2nc[nH]c2c1. The van der Waals surface area contributed by atoms with E-state index in [-0.39, 0.29) is 0 Å². The van der Waals surface area contributed by atoms with Gasteiger partial charge in [-0.1, -0.05) is 0 Å². The van der Waals surface area contributed by atoms with E-state index in [1.165, 1.54) is 0 Å². The summed E-state index contributed by atoms with van der Waals surface area (Å²) in [4.78, 5) is 7.21. The van der Waals surface area contributed by atoms with Gasteiger partial charge >= 0.3 is 0 Å². The highest BCUT2D eigenvalue weighted by molar-refractivity contribution is 14.1. The first-order chi connectivity index (χ1) is 6.31. The van der Waals surface area contributed by atoms with Crippen LogP contribution in [0.3, 0.4) is 0 Å². The van der Waals surface area contributed by atoms with Crippen molar-refractivity contribution < 1.29 is 0 Å². The Kier molecular flexibility index (Phi) is 2.19. The number of nitrogens with zero attached hydrogens (tertiary/aromatic N) is 2. The molecule has 0 atom stereocenters. The minimum atomic E-state index is 0.449. The van der Waals surface area contributed by atoms with E-state index < -0.39 is 0 Å². The van der Waals surface area contributed by atoms with Gasteiger partial charge in [-0.2, -0.15) is 5.26 Å². The maximum atomic E-state index is 8.55. The van der Waals surface area contributed by atoms with Crippen molar-refractivity contribution in [1.29, 1.82) is 5.26 Å². The van der Waals surface area contributed by atoms with Crippen LogP contribution >= 0.6 is 22.6 Å². The molecule has 0 aliphatic heterocycles. The van der Waals surface area contributed by atoms with Crippen LogP contribution in [0, 0.1) is 14.9 Å². The Hall–Kier alpha value is -1.09. The van der Waals surface area contributed by atoms with Crippen molar-refractivity contribution in [3.8, 4) is 6.07 Å². The van der Waals surface area contributed by atoms with Crippen molar-refractivity contribution >= 4 is 33.6 Å². The van der Waals surface area contributed by atoms with Crippen LogP contribution in [-0.4, -0.2) is 9.97 Å². The summed E-state index contributed by atoms with van der Waals surface area (Å²) in [5, 5.41) is 8.55. The largest absolute Gasteiger partial charge is 0.345 e. The molecule has 0 aliphatic carbocycles. The van der Waals surface area contributed by atoms with Gasteiger partial charge in [-0.05, 0) is 40.3 Å². The van der Waals surface area contributed by atoms with Crippen molar-refractivity contribution in [2.75, 3.05) is 0 Å². The van der Waals surface area contributed by atoms with Gasteiger partial charge in [0.05, 0.1) is 24.3 Å². The number of nitriles is 1. The van der Waals surface area contributed by atoms with Crippen LogP contribution in [0.5, 0.6) is 0 Å². The first-order valence-corrected chi connectivity index (χ1v) is 4.87. The number of nitrogens with one attached hydrogen (secondary N) is 1. The van der Waals surface area contributed by atoms with Gasteiger partial charge in [-0.15, -0.1) is 0 Å². The predicted octanol–water partition coefficient (Wildman–Crippen LogP) is 2.23. The summed E-state index contributed by atoms with van der Waals surface area (Å²) in [5.74, 6) is 0. The Morgan fingerprint density at radius 2 is 2.38 bits per heavy atom. The predicted molar refractivity (Wildman–Crippen MR) is 58.1 cm³/mol. The number of rotatable bonds is 1. The summed E-state index contributed by atoms with van der Waals surface area (Å²) in [6, 6.07) is 6.09. The molecule has 1 N–H and O–H groups in total. The Balaban J connectivity index is 2.64. The molecule has 0 bridgehead atoms. The van der Waals surface area contributed by atoms with E-state index in [0.29, 0.717) is 6.42 Å². The first kappa shape index (κ1) is 8.51. The molecule has 1 heterocycles. The summed E-state index contributed by atoms with van der Waals surface area (Å²) in [6.07, 6.45) is 2.12. The van der Waals surface area contributed by atoms with Crippen LogP contribution in [-0.2, 0) is 6.42 Å². The van der Waals surface area contributed by atoms with Crippen molar-refractivity contribution in [3.05, 3.63) is 27.6 Å². The molecule has 2 aromatic rings. The third-order valence-electron chi connectivity index (χ3n) is 1.82. The van der Waals surface area contributed by atoms with Gasteiger partial charge in [0, 0.05) is 3.57 Å². The summed E-state index contributed by atoms with van der Waals surface area (Å²) >= 11 is 2.23. The topological polar surface area (TPSA) is 52.5 Å². The minimum absolute atomic E-state index is 0.449. The van der Waals surface area contributed by atoms with Crippen LogP contribution in [0.15, 0.2) is 18.5 Å². The van der Waals surface area contributed by atoms with E-state index in [4.69, 9.17) is 5.26 Å². The molecule has 0 saturated heterocycles. The van der Waals surface area contributed by atoms with Crippen molar-refractivity contribution in [1.82, 2.24) is 9.97 Å². The maximum Gasteiger partial charge on any atom is 0.102 e. The average molecular weight is 283 g/mol. The van der Waals surface area contributed by atoms with E-state index in [2.05, 4.69) is 38.6 Å². The highest BCUT2D eigenvalue weighted by Gasteiger charge is 2.03. The summed E-state index contributed by atoms with van der Waals surface area (Å²) < 4.78 is 1.08. The lowest BCUT2D eigenvalue weighted by Crippen LogP contribution is -1.84. The highest BCUT2D eigenvalue weighted by Crippen LogP contribution is 2.19. The second-order valence-corrected chi connectivity index (χ2v) is 3.87. The van der Waals surface area contributed by atoms with E-state index in [9.17, 15) is 0 Å². The van der Waals surface area contributed by atoms with Crippen molar-refractivity contribution in [2.45, 2.75) is 6.42 Å². The second-order valence-electron chi connectivity index (χ2n) is 2.71. The minimum Gasteiger partial charge on any atom is -0.345 e. The third-order valence-corrected chi connectivity index (χ3v) is 2.64. The molecule has 2 rings (SSSR count). The molecule has 0 amide bonds. The number of hydrogen-bond donors (Lipinski definition) is 1. The molecule has 0 aliphatic rings. The number of fused-ring (bicyclic) bond motifs is 1. The van der Waals surface area contributed by atoms with Gasteiger partial charge in [-0.25, -0.2) is 4.98 Å². The standard InChI is InChI=1S/C9H6IN3/c10-7-3-6(1-2-11)4-8-9(7)13-5-12-8/h3-5H,1H2,(H,12,13). The van der Waals surface area contributed by atoms with Crippen molar-refractivity contribution in [2.24, 2.45) is 0 Å². The van der Waals surface area contributed by atoms with Crippen LogP contribution < -0.4 is 0 Å². The molecule has 1 aromatic heterocycles. The summed E-state index contributed by atoms with van der Waals surface area (Å²) in [6.45, 7) is 0. The van der Waals surface area contributed by atoms with Gasteiger partial charge in [0.15, 0.2) is 0 Å². The number of aromatic amines is 1. The van der Waals surface area contributed by atoms with Gasteiger partial charge < -0.3 is 4.98 Å². The second kappa shape index (κ2) is 3.34. The Bertz CT molecular complexity index is 481. The fraction of sp³-hybridized carbons (Fsp3) is 0.111. The quantitative estimate of drug-likeness (QED) is 0.816. The molecule has 0 unspecified atom stereocenters. The molecular formula is C9H6IN3. The number of benzene rings is 1. The Morgan fingerprint density at radius 3 is 3.15 bits per heavy atom. The molecule has 0 fully saturated rings. The molecule has 0 spiro atoms. The molecule has 64 valence electrons. The smallest absolute Gasteiger partial charge is 0.102 e. The van der Waals surface area contributed by atoms with Gasteiger partial charge in [0.2, 0.25) is 0 Å². The Labute approximate surface area is 88.9 Å². The number of aromatic nitrogens is 2. The zero-order valence-corrected chi connectivity index (χ0v) is 8.87. The van der Waals surface area contributed by atoms with E-state index >= 15 is 0 Å². The van der Waals surface area contributed by atoms with E-state index in [1.54, 1.807) is 6.33 Å². The lowest BCUT2D eigenvalue weighted by molar-refractivity contribution is 1.26. The van der Waals surface area contributed by atoms with Crippen molar-refractivity contribution in [3.63, 3.8) is 0 Å². The normalized spacial score (nSPS) is 10.2. The fourth-order valence-electron chi connectivity index (χ4n) is 1.26. The molecule has 1 aromatic carbocycles. The van der Waals surface area contributed by atoms with Gasteiger partial charge in [-0.3, -0.25) is 0 Å². The zero-order valence-electron chi connectivity index (χ0n) is 6.71. The van der Waals surface area contributed by atoms with Crippen LogP contribution in [0.4, 0.5) is 0 Å². The fourth-order valence-corrected chi connectivity index (χ4v) is 2.09. The average Bonchev–Trinajstić information content (AvgIpc) is 2.53. The molecule has 0 radical (unpaired) electrons. The maximum absolute atomic E-state index is 8.55. The van der Waals surface area contributed by atoms with Crippen LogP contribution in [0.2, 0.25) is 0 Å². The number of H-pyrrole nitrogens is 1. The third kappa shape index (κ3) is 1.52. The highest BCUT2D eigenvalue weighted by atomic mass is 127. The lowest BCUT2D eigenvalue weighted by atomic mass is 10.1. The van der Waals surface area contributed by atoms with E-state index in [1.807, 2.05) is 12.1 Å². The number of imidazole rings is 1. The lowest BCUT2D eigenvalue weighted by Gasteiger charge is -1.97. The summed E-state index contributed by atoms with van der Waals surface area (Å²) in [5.41, 5.74) is 3.00. The number of halogens is 1. The molecule has 0 saturated carbocycles. The monoisotopic (exact) mass is 283 g/mol. The van der Waals surface area contributed by atoms with Gasteiger partial charge in [0.25, 0.3) is 0 Å².